The van der Waals surface area contributed by atoms with Crippen LogP contribution in [-0.2, 0) is 9.84 Å². The summed E-state index contributed by atoms with van der Waals surface area (Å²) in [6.07, 6.45) is 7.65. The maximum atomic E-state index is 12.2. The van der Waals surface area contributed by atoms with E-state index >= 15 is 0 Å². The van der Waals surface area contributed by atoms with Crippen molar-refractivity contribution in [1.82, 2.24) is 25.1 Å². The Kier molecular flexibility index (Phi) is 5.18. The zero-order chi connectivity index (χ0) is 22.3. The highest BCUT2D eigenvalue weighted by atomic mass is 32.2. The van der Waals surface area contributed by atoms with Crippen molar-refractivity contribution in [3.63, 3.8) is 0 Å². The van der Waals surface area contributed by atoms with Crippen molar-refractivity contribution in [1.29, 1.82) is 0 Å². The molecule has 0 unspecified atom stereocenters. The van der Waals surface area contributed by atoms with Gasteiger partial charge in [-0.3, -0.25) is 4.68 Å². The molecule has 0 spiro atoms. The first-order valence-electron chi connectivity index (χ1n) is 10.6. The summed E-state index contributed by atoms with van der Waals surface area (Å²) in [6, 6.07) is 6.93. The van der Waals surface area contributed by atoms with Gasteiger partial charge in [0, 0.05) is 23.5 Å². The highest BCUT2D eigenvalue weighted by molar-refractivity contribution is 7.91. The zero-order valence-electron chi connectivity index (χ0n) is 17.7. The Morgan fingerprint density at radius 1 is 1.19 bits per heavy atom. The van der Waals surface area contributed by atoms with Gasteiger partial charge < -0.3 is 15.5 Å². The number of oxazole rings is 1. The van der Waals surface area contributed by atoms with Gasteiger partial charge in [0.05, 0.1) is 28.5 Å². The summed E-state index contributed by atoms with van der Waals surface area (Å²) in [7, 11) is -3.33. The van der Waals surface area contributed by atoms with Crippen molar-refractivity contribution < 1.29 is 12.8 Å². The number of benzene rings is 1. The van der Waals surface area contributed by atoms with Crippen LogP contribution in [0.3, 0.4) is 0 Å². The second kappa shape index (κ2) is 8.03. The summed E-state index contributed by atoms with van der Waals surface area (Å²) < 4.78 is 32.3. The van der Waals surface area contributed by atoms with Gasteiger partial charge in [-0.25, -0.2) is 18.4 Å². The van der Waals surface area contributed by atoms with Crippen LogP contribution in [0.2, 0.25) is 0 Å². The number of nitrogens with zero attached hydrogens (tertiary/aromatic N) is 4. The molecule has 1 aliphatic heterocycles. The normalized spacial score (nSPS) is 15.4. The van der Waals surface area contributed by atoms with Crippen molar-refractivity contribution in [2.45, 2.75) is 30.7 Å². The molecule has 10 heteroatoms. The molecular formula is C22H24N6O3S. The summed E-state index contributed by atoms with van der Waals surface area (Å²) in [5.74, 6) is 0.601. The third-order valence-electron chi connectivity index (χ3n) is 5.86. The minimum atomic E-state index is -3.33. The van der Waals surface area contributed by atoms with Crippen molar-refractivity contribution in [3.05, 3.63) is 42.9 Å². The molecule has 0 radical (unpaired) electrons. The molecule has 9 nitrogen and oxygen atoms in total. The number of pyridine rings is 1. The fraction of sp³-hybridized carbons (Fsp3) is 0.318. The standard InChI is InChI=1S/C22H24N6O3S/c1-2-32(29,30)17-3-4-20-19(10-17)27-22(31-20)18-9-14(11-25-21(18)23)15-12-26-28(13-15)16-5-7-24-8-6-16/h3-4,9-13,16,24H,2,5-8H2,1H3,(H2,23,25). The number of piperidine rings is 1. The number of nitrogens with one attached hydrogen (secondary N) is 1. The Morgan fingerprint density at radius 3 is 2.78 bits per heavy atom. The Hall–Kier alpha value is -3.24. The molecule has 1 aromatic carbocycles. The smallest absolute Gasteiger partial charge is 0.231 e. The minimum Gasteiger partial charge on any atom is -0.436 e. The molecule has 166 valence electrons. The van der Waals surface area contributed by atoms with E-state index in [4.69, 9.17) is 10.2 Å². The van der Waals surface area contributed by atoms with Gasteiger partial charge in [-0.15, -0.1) is 0 Å². The predicted molar refractivity (Wildman–Crippen MR) is 122 cm³/mol. The van der Waals surface area contributed by atoms with Crippen LogP contribution in [0.1, 0.15) is 25.8 Å². The molecule has 5 rings (SSSR count). The van der Waals surface area contributed by atoms with Gasteiger partial charge in [0.2, 0.25) is 5.89 Å². The Bertz CT molecular complexity index is 1390. The first-order chi connectivity index (χ1) is 15.4. The molecule has 0 bridgehead atoms. The first kappa shape index (κ1) is 20.7. The van der Waals surface area contributed by atoms with Gasteiger partial charge in [-0.1, -0.05) is 6.92 Å². The van der Waals surface area contributed by atoms with Gasteiger partial charge in [0.25, 0.3) is 0 Å². The number of hydrogen-bond donors (Lipinski definition) is 2. The summed E-state index contributed by atoms with van der Waals surface area (Å²) in [6.45, 7) is 3.60. The van der Waals surface area contributed by atoms with Crippen LogP contribution >= 0.6 is 0 Å². The van der Waals surface area contributed by atoms with Crippen LogP contribution in [0.25, 0.3) is 33.7 Å². The topological polar surface area (TPSA) is 129 Å². The third-order valence-corrected chi connectivity index (χ3v) is 7.60. The van der Waals surface area contributed by atoms with E-state index in [9.17, 15) is 8.42 Å². The molecule has 1 saturated heterocycles. The number of aromatic nitrogens is 4. The van der Waals surface area contributed by atoms with E-state index in [0.717, 1.165) is 37.1 Å². The van der Waals surface area contributed by atoms with Crippen LogP contribution < -0.4 is 11.1 Å². The SMILES string of the molecule is CCS(=O)(=O)c1ccc2oc(-c3cc(-c4cnn(C5CCNCC5)c4)cnc3N)nc2c1. The molecule has 3 aromatic heterocycles. The molecule has 1 fully saturated rings. The molecule has 0 saturated carbocycles. The summed E-state index contributed by atoms with van der Waals surface area (Å²) in [5, 5.41) is 7.92. The van der Waals surface area contributed by atoms with Gasteiger partial charge in [0.1, 0.15) is 11.3 Å². The highest BCUT2D eigenvalue weighted by Crippen LogP contribution is 2.32. The molecule has 0 amide bonds. The lowest BCUT2D eigenvalue weighted by Crippen LogP contribution is -2.29. The number of rotatable bonds is 5. The van der Waals surface area contributed by atoms with Crippen LogP contribution in [0.15, 0.2) is 52.2 Å². The second-order valence-electron chi connectivity index (χ2n) is 7.90. The van der Waals surface area contributed by atoms with Crippen molar-refractivity contribution in [2.75, 3.05) is 24.6 Å². The van der Waals surface area contributed by atoms with E-state index in [1.807, 2.05) is 23.1 Å². The maximum absolute atomic E-state index is 12.2. The number of anilines is 1. The second-order valence-corrected chi connectivity index (χ2v) is 10.2. The zero-order valence-corrected chi connectivity index (χ0v) is 18.5. The number of nitrogen functional groups attached to an aromatic ring is 1. The molecule has 1 aliphatic rings. The lowest BCUT2D eigenvalue weighted by molar-refractivity contribution is 0.343. The Balaban J connectivity index is 1.50. The lowest BCUT2D eigenvalue weighted by atomic mass is 10.1. The van der Waals surface area contributed by atoms with Crippen molar-refractivity contribution in [2.24, 2.45) is 0 Å². The highest BCUT2D eigenvalue weighted by Gasteiger charge is 2.19. The van der Waals surface area contributed by atoms with Gasteiger partial charge in [0.15, 0.2) is 15.4 Å². The van der Waals surface area contributed by atoms with E-state index in [0.29, 0.717) is 28.6 Å². The molecular weight excluding hydrogens is 428 g/mol. The van der Waals surface area contributed by atoms with Gasteiger partial charge in [-0.2, -0.15) is 5.10 Å². The van der Waals surface area contributed by atoms with Crippen molar-refractivity contribution >= 4 is 26.8 Å². The van der Waals surface area contributed by atoms with Crippen LogP contribution in [-0.4, -0.2) is 47.0 Å². The van der Waals surface area contributed by atoms with Crippen LogP contribution in [0.5, 0.6) is 0 Å². The van der Waals surface area contributed by atoms with E-state index in [-0.39, 0.29) is 16.5 Å². The molecule has 0 atom stereocenters. The fourth-order valence-electron chi connectivity index (χ4n) is 3.95. The lowest BCUT2D eigenvalue weighted by Gasteiger charge is -2.22. The Labute approximate surface area is 185 Å². The number of hydrogen-bond acceptors (Lipinski definition) is 8. The molecule has 32 heavy (non-hydrogen) atoms. The van der Waals surface area contributed by atoms with Gasteiger partial charge in [-0.05, 0) is 50.2 Å². The molecule has 3 N–H and O–H groups in total. The average molecular weight is 453 g/mol. The Morgan fingerprint density at radius 2 is 2.00 bits per heavy atom. The largest absolute Gasteiger partial charge is 0.436 e. The number of fused-ring (bicyclic) bond motifs is 1. The van der Waals surface area contributed by atoms with E-state index in [1.54, 1.807) is 19.2 Å². The van der Waals surface area contributed by atoms with Gasteiger partial charge >= 0.3 is 0 Å². The minimum absolute atomic E-state index is 0.0210. The van der Waals surface area contributed by atoms with Crippen LogP contribution in [0.4, 0.5) is 5.82 Å². The quantitative estimate of drug-likeness (QED) is 0.473. The fourth-order valence-corrected chi connectivity index (χ4v) is 4.84. The summed E-state index contributed by atoms with van der Waals surface area (Å²) in [4.78, 5) is 9.04. The predicted octanol–water partition coefficient (Wildman–Crippen LogP) is 3.05. The molecule has 0 aliphatic carbocycles. The van der Waals surface area contributed by atoms with Crippen molar-refractivity contribution in [3.8, 4) is 22.6 Å². The summed E-state index contributed by atoms with van der Waals surface area (Å²) in [5.41, 5.74) is 9.41. The number of nitrogens with two attached hydrogens (primary N) is 1. The molecule has 4 aromatic rings. The average Bonchev–Trinajstić information content (AvgIpc) is 3.47. The number of sulfone groups is 1. The van der Waals surface area contributed by atoms with E-state index < -0.39 is 9.84 Å². The van der Waals surface area contributed by atoms with Crippen LogP contribution in [0, 0.1) is 0 Å². The molecule has 4 heterocycles. The van der Waals surface area contributed by atoms with E-state index in [2.05, 4.69) is 20.4 Å². The maximum Gasteiger partial charge on any atom is 0.231 e. The third kappa shape index (κ3) is 3.76. The summed E-state index contributed by atoms with van der Waals surface area (Å²) >= 11 is 0. The first-order valence-corrected chi connectivity index (χ1v) is 12.2. The monoisotopic (exact) mass is 452 g/mol. The van der Waals surface area contributed by atoms with E-state index in [1.165, 1.54) is 12.1 Å².